The van der Waals surface area contributed by atoms with Gasteiger partial charge in [0.1, 0.15) is 0 Å². The van der Waals surface area contributed by atoms with Gasteiger partial charge in [0.05, 0.1) is 12.0 Å². The van der Waals surface area contributed by atoms with E-state index in [1.807, 2.05) is 24.3 Å². The average molecular weight is 369 g/mol. The second kappa shape index (κ2) is 6.74. The van der Waals surface area contributed by atoms with E-state index < -0.39 is 5.97 Å². The third kappa shape index (κ3) is 4.58. The molecule has 0 radical (unpaired) electrons. The van der Waals surface area contributed by atoms with Crippen LogP contribution in [-0.2, 0) is 11.2 Å². The largest absolute Gasteiger partial charge is 0.478 e. The molecule has 0 aliphatic heterocycles. The Bertz CT molecular complexity index is 703. The van der Waals surface area contributed by atoms with Crippen LogP contribution in [0.3, 0.4) is 0 Å². The first kappa shape index (κ1) is 15.5. The highest BCUT2D eigenvalue weighted by Crippen LogP contribution is 2.20. The molecule has 21 heavy (non-hydrogen) atoms. The van der Waals surface area contributed by atoms with Crippen LogP contribution in [0.1, 0.15) is 15.9 Å². The average Bonchev–Trinajstić information content (AvgIpc) is 2.37. The Hall–Kier alpha value is -1.85. The highest BCUT2D eigenvalue weighted by Gasteiger charge is 2.09. The second-order valence-corrected chi connectivity index (χ2v) is 5.74. The summed E-state index contributed by atoms with van der Waals surface area (Å²) in [5, 5.41) is 11.9. The number of carboxylic acid groups (broad SMARTS) is 1. The highest BCUT2D eigenvalue weighted by molar-refractivity contribution is 9.10. The fourth-order valence-electron chi connectivity index (χ4n) is 1.82. The molecule has 1 amide bonds. The van der Waals surface area contributed by atoms with Crippen molar-refractivity contribution in [2.45, 2.75) is 6.42 Å². The lowest BCUT2D eigenvalue weighted by Gasteiger charge is -2.07. The van der Waals surface area contributed by atoms with Crippen molar-refractivity contribution >= 4 is 45.1 Å². The standard InChI is InChI=1S/C15H11BrClNO3/c16-11-3-1-2-9(4-11)5-14(19)18-13-7-10(15(20)21)6-12(17)8-13/h1-4,6-8H,5H2,(H,18,19)(H,20,21). The molecule has 0 saturated heterocycles. The second-order valence-electron chi connectivity index (χ2n) is 4.39. The van der Waals surface area contributed by atoms with Crippen molar-refractivity contribution in [3.8, 4) is 0 Å². The lowest BCUT2D eigenvalue weighted by Crippen LogP contribution is -2.14. The maximum Gasteiger partial charge on any atom is 0.335 e. The third-order valence-electron chi connectivity index (χ3n) is 2.68. The van der Waals surface area contributed by atoms with E-state index >= 15 is 0 Å². The molecule has 0 atom stereocenters. The van der Waals surface area contributed by atoms with E-state index in [2.05, 4.69) is 21.2 Å². The molecule has 6 heteroatoms. The van der Waals surface area contributed by atoms with Gasteiger partial charge in [-0.1, -0.05) is 39.7 Å². The first-order chi connectivity index (χ1) is 9.94. The highest BCUT2D eigenvalue weighted by atomic mass is 79.9. The summed E-state index contributed by atoms with van der Waals surface area (Å²) in [5.41, 5.74) is 1.24. The SMILES string of the molecule is O=C(Cc1cccc(Br)c1)Nc1cc(Cl)cc(C(=O)O)c1. The summed E-state index contributed by atoms with van der Waals surface area (Å²) in [6.07, 6.45) is 0.189. The Morgan fingerprint density at radius 1 is 1.19 bits per heavy atom. The van der Waals surface area contributed by atoms with Crippen molar-refractivity contribution in [3.05, 3.63) is 63.1 Å². The fourth-order valence-corrected chi connectivity index (χ4v) is 2.50. The molecule has 0 bridgehead atoms. The molecule has 0 saturated carbocycles. The van der Waals surface area contributed by atoms with Crippen molar-refractivity contribution in [3.63, 3.8) is 0 Å². The summed E-state index contributed by atoms with van der Waals surface area (Å²) in [6.45, 7) is 0. The zero-order valence-corrected chi connectivity index (χ0v) is 13.1. The van der Waals surface area contributed by atoms with Gasteiger partial charge in [-0.05, 0) is 35.9 Å². The van der Waals surface area contributed by atoms with Crippen LogP contribution >= 0.6 is 27.5 Å². The number of rotatable bonds is 4. The van der Waals surface area contributed by atoms with E-state index in [-0.39, 0.29) is 22.9 Å². The minimum Gasteiger partial charge on any atom is -0.478 e. The normalized spacial score (nSPS) is 10.2. The Morgan fingerprint density at radius 3 is 2.62 bits per heavy atom. The quantitative estimate of drug-likeness (QED) is 0.858. The van der Waals surface area contributed by atoms with Gasteiger partial charge in [-0.2, -0.15) is 0 Å². The van der Waals surface area contributed by atoms with E-state index in [1.165, 1.54) is 18.2 Å². The minimum absolute atomic E-state index is 0.0280. The molecule has 0 aromatic heterocycles. The summed E-state index contributed by atoms with van der Waals surface area (Å²) in [4.78, 5) is 22.9. The van der Waals surface area contributed by atoms with Crippen molar-refractivity contribution < 1.29 is 14.7 Å². The Labute approximate surface area is 134 Å². The van der Waals surface area contributed by atoms with E-state index in [4.69, 9.17) is 16.7 Å². The van der Waals surface area contributed by atoms with Crippen molar-refractivity contribution in [2.24, 2.45) is 0 Å². The van der Waals surface area contributed by atoms with E-state index in [9.17, 15) is 9.59 Å². The number of hydrogen-bond acceptors (Lipinski definition) is 2. The summed E-state index contributed by atoms with van der Waals surface area (Å²) in [5.74, 6) is -1.34. The van der Waals surface area contributed by atoms with E-state index in [1.54, 1.807) is 0 Å². The zero-order chi connectivity index (χ0) is 15.4. The fraction of sp³-hybridized carbons (Fsp3) is 0.0667. The summed E-state index contributed by atoms with van der Waals surface area (Å²) in [6, 6.07) is 11.6. The predicted molar refractivity (Wildman–Crippen MR) is 84.9 cm³/mol. The number of nitrogens with one attached hydrogen (secondary N) is 1. The van der Waals surface area contributed by atoms with Gasteiger partial charge >= 0.3 is 5.97 Å². The molecule has 2 aromatic rings. The van der Waals surface area contributed by atoms with Crippen LogP contribution < -0.4 is 5.32 Å². The smallest absolute Gasteiger partial charge is 0.335 e. The Balaban J connectivity index is 2.11. The summed E-state index contributed by atoms with van der Waals surface area (Å²) < 4.78 is 0.892. The third-order valence-corrected chi connectivity index (χ3v) is 3.39. The van der Waals surface area contributed by atoms with Crippen LogP contribution in [0.5, 0.6) is 0 Å². The van der Waals surface area contributed by atoms with Crippen LogP contribution in [0.2, 0.25) is 5.02 Å². The molecule has 2 N–H and O–H groups in total. The number of carbonyl (C=O) groups is 2. The zero-order valence-electron chi connectivity index (χ0n) is 10.8. The van der Waals surface area contributed by atoms with E-state index in [0.29, 0.717) is 5.69 Å². The van der Waals surface area contributed by atoms with Crippen molar-refractivity contribution in [2.75, 3.05) is 5.32 Å². The molecule has 0 fully saturated rings. The van der Waals surface area contributed by atoms with Crippen LogP contribution in [0, 0.1) is 0 Å². The van der Waals surface area contributed by atoms with Gasteiger partial charge in [0.25, 0.3) is 0 Å². The number of carboxylic acids is 1. The monoisotopic (exact) mass is 367 g/mol. The van der Waals surface area contributed by atoms with Gasteiger partial charge < -0.3 is 10.4 Å². The number of hydrogen-bond donors (Lipinski definition) is 2. The number of anilines is 1. The van der Waals surface area contributed by atoms with Gasteiger partial charge in [-0.25, -0.2) is 4.79 Å². The van der Waals surface area contributed by atoms with Gasteiger partial charge in [-0.3, -0.25) is 4.79 Å². The number of benzene rings is 2. The molecule has 4 nitrogen and oxygen atoms in total. The number of carbonyl (C=O) groups excluding carboxylic acids is 1. The van der Waals surface area contributed by atoms with Crippen LogP contribution in [0.4, 0.5) is 5.69 Å². The Kier molecular flexibility index (Phi) is 4.98. The van der Waals surface area contributed by atoms with Gasteiger partial charge in [-0.15, -0.1) is 0 Å². The van der Waals surface area contributed by atoms with Crippen molar-refractivity contribution in [1.29, 1.82) is 0 Å². The van der Waals surface area contributed by atoms with Crippen LogP contribution in [0.15, 0.2) is 46.9 Å². The topological polar surface area (TPSA) is 66.4 Å². The lowest BCUT2D eigenvalue weighted by atomic mass is 10.1. The predicted octanol–water partition coefficient (Wildman–Crippen LogP) is 3.98. The lowest BCUT2D eigenvalue weighted by molar-refractivity contribution is -0.115. The van der Waals surface area contributed by atoms with Crippen molar-refractivity contribution in [1.82, 2.24) is 0 Å². The molecule has 0 unspecified atom stereocenters. The van der Waals surface area contributed by atoms with E-state index in [0.717, 1.165) is 10.0 Å². The van der Waals surface area contributed by atoms with Gasteiger partial charge in [0.15, 0.2) is 0 Å². The molecule has 0 aliphatic carbocycles. The summed E-state index contributed by atoms with van der Waals surface area (Å²) in [7, 11) is 0. The Morgan fingerprint density at radius 2 is 1.95 bits per heavy atom. The van der Waals surface area contributed by atoms with Crippen LogP contribution in [0.25, 0.3) is 0 Å². The minimum atomic E-state index is -1.10. The first-order valence-electron chi connectivity index (χ1n) is 6.02. The molecular weight excluding hydrogens is 358 g/mol. The molecule has 0 aliphatic rings. The maximum absolute atomic E-state index is 12.0. The number of aromatic carboxylic acids is 1. The molecule has 0 heterocycles. The molecule has 0 spiro atoms. The molecule has 2 aromatic carbocycles. The maximum atomic E-state index is 12.0. The first-order valence-corrected chi connectivity index (χ1v) is 7.19. The van der Waals surface area contributed by atoms with Gasteiger partial charge in [0, 0.05) is 15.2 Å². The molecule has 2 rings (SSSR count). The summed E-state index contributed by atoms with van der Waals surface area (Å²) >= 11 is 9.18. The molecule has 108 valence electrons. The van der Waals surface area contributed by atoms with Crippen LogP contribution in [-0.4, -0.2) is 17.0 Å². The number of halogens is 2. The number of amides is 1. The van der Waals surface area contributed by atoms with Gasteiger partial charge in [0.2, 0.25) is 5.91 Å². The molecular formula is C15H11BrClNO3.